The van der Waals surface area contributed by atoms with Gasteiger partial charge in [0.1, 0.15) is 5.75 Å². The molecule has 0 amide bonds. The molecule has 2 aromatic carbocycles. The standard InChI is InChI=1S/C14H12Br2N2O3/c1-21-13-6-12(9(15)5-10(13)16)18-11-3-2-7(17)4-8(11)14(19)20/h2-6,18H,17H2,1H3,(H,19,20). The van der Waals surface area contributed by atoms with E-state index < -0.39 is 5.97 Å². The molecule has 2 aromatic rings. The van der Waals surface area contributed by atoms with Crippen molar-refractivity contribution in [2.24, 2.45) is 0 Å². The van der Waals surface area contributed by atoms with Gasteiger partial charge in [-0.3, -0.25) is 0 Å². The number of nitrogens with two attached hydrogens (primary N) is 1. The van der Waals surface area contributed by atoms with Crippen LogP contribution in [0.25, 0.3) is 0 Å². The molecule has 5 nitrogen and oxygen atoms in total. The van der Waals surface area contributed by atoms with Crippen molar-refractivity contribution in [2.75, 3.05) is 18.2 Å². The molecule has 0 bridgehead atoms. The number of aromatic carboxylic acids is 1. The monoisotopic (exact) mass is 414 g/mol. The summed E-state index contributed by atoms with van der Waals surface area (Å²) in [5.74, 6) is -0.419. The number of ether oxygens (including phenoxy) is 1. The van der Waals surface area contributed by atoms with E-state index in [0.717, 1.165) is 8.95 Å². The lowest BCUT2D eigenvalue weighted by Gasteiger charge is -2.14. The molecule has 0 spiro atoms. The van der Waals surface area contributed by atoms with Crippen LogP contribution in [0.15, 0.2) is 39.3 Å². The van der Waals surface area contributed by atoms with E-state index in [1.165, 1.54) is 6.07 Å². The summed E-state index contributed by atoms with van der Waals surface area (Å²) in [6.07, 6.45) is 0. The Labute approximate surface area is 138 Å². The highest BCUT2D eigenvalue weighted by Gasteiger charge is 2.13. The normalized spacial score (nSPS) is 10.2. The molecule has 21 heavy (non-hydrogen) atoms. The summed E-state index contributed by atoms with van der Waals surface area (Å²) in [6, 6.07) is 8.25. The summed E-state index contributed by atoms with van der Waals surface area (Å²) < 4.78 is 6.79. The Morgan fingerprint density at radius 3 is 2.52 bits per heavy atom. The average molecular weight is 416 g/mol. The minimum absolute atomic E-state index is 0.101. The molecule has 0 unspecified atom stereocenters. The van der Waals surface area contributed by atoms with E-state index in [4.69, 9.17) is 10.5 Å². The van der Waals surface area contributed by atoms with Gasteiger partial charge in [-0.05, 0) is 56.1 Å². The number of nitrogen functional groups attached to an aromatic ring is 1. The highest BCUT2D eigenvalue weighted by atomic mass is 79.9. The van der Waals surface area contributed by atoms with Crippen LogP contribution >= 0.6 is 31.9 Å². The van der Waals surface area contributed by atoms with E-state index in [9.17, 15) is 9.90 Å². The van der Waals surface area contributed by atoms with Crippen molar-refractivity contribution in [2.45, 2.75) is 0 Å². The van der Waals surface area contributed by atoms with Crippen molar-refractivity contribution in [3.63, 3.8) is 0 Å². The molecular weight excluding hydrogens is 404 g/mol. The van der Waals surface area contributed by atoms with Crippen molar-refractivity contribution in [1.29, 1.82) is 0 Å². The fourth-order valence-corrected chi connectivity index (χ4v) is 3.03. The molecule has 4 N–H and O–H groups in total. The third kappa shape index (κ3) is 3.48. The van der Waals surface area contributed by atoms with Crippen molar-refractivity contribution < 1.29 is 14.6 Å². The number of halogens is 2. The van der Waals surface area contributed by atoms with Crippen LogP contribution in [0, 0.1) is 0 Å². The SMILES string of the molecule is COc1cc(Nc2ccc(N)cc2C(=O)O)c(Br)cc1Br. The van der Waals surface area contributed by atoms with Crippen molar-refractivity contribution in [1.82, 2.24) is 0 Å². The third-order valence-corrected chi connectivity index (χ3v) is 4.06. The zero-order valence-electron chi connectivity index (χ0n) is 11.0. The Bertz CT molecular complexity index is 705. The number of benzene rings is 2. The molecule has 0 aromatic heterocycles. The highest BCUT2D eigenvalue weighted by Crippen LogP contribution is 2.36. The fraction of sp³-hybridized carbons (Fsp3) is 0.0714. The number of nitrogens with one attached hydrogen (secondary N) is 1. The zero-order chi connectivity index (χ0) is 15.6. The van der Waals surface area contributed by atoms with Crippen LogP contribution in [0.3, 0.4) is 0 Å². The minimum atomic E-state index is -1.05. The van der Waals surface area contributed by atoms with Crippen molar-refractivity contribution in [3.8, 4) is 5.75 Å². The van der Waals surface area contributed by atoms with Crippen LogP contribution in [0.5, 0.6) is 5.75 Å². The molecule has 0 fully saturated rings. The first-order valence-corrected chi connectivity index (χ1v) is 7.44. The van der Waals surface area contributed by atoms with Gasteiger partial charge in [-0.1, -0.05) is 0 Å². The maximum absolute atomic E-state index is 11.3. The lowest BCUT2D eigenvalue weighted by atomic mass is 10.1. The quantitative estimate of drug-likeness (QED) is 0.650. The molecule has 7 heteroatoms. The molecule has 0 radical (unpaired) electrons. The summed E-state index contributed by atoms with van der Waals surface area (Å²) in [5.41, 5.74) is 7.25. The van der Waals surface area contributed by atoms with Crippen molar-refractivity contribution >= 4 is 54.9 Å². The van der Waals surface area contributed by atoms with Crippen LogP contribution in [-0.2, 0) is 0 Å². The van der Waals surface area contributed by atoms with E-state index in [0.29, 0.717) is 22.8 Å². The van der Waals surface area contributed by atoms with Crippen LogP contribution in [0.1, 0.15) is 10.4 Å². The molecule has 0 aliphatic carbocycles. The number of carboxylic acids is 1. The van der Waals surface area contributed by atoms with Gasteiger partial charge in [0.05, 0.1) is 28.5 Å². The second kappa shape index (κ2) is 6.36. The summed E-state index contributed by atoms with van der Waals surface area (Å²) in [7, 11) is 1.56. The number of anilines is 3. The minimum Gasteiger partial charge on any atom is -0.495 e. The smallest absolute Gasteiger partial charge is 0.337 e. The Morgan fingerprint density at radius 1 is 1.19 bits per heavy atom. The zero-order valence-corrected chi connectivity index (χ0v) is 14.2. The summed E-state index contributed by atoms with van der Waals surface area (Å²) in [6.45, 7) is 0. The first-order chi connectivity index (χ1) is 9.92. The molecule has 2 rings (SSSR count). The number of rotatable bonds is 4. The number of carboxylic acid groups (broad SMARTS) is 1. The number of carbonyl (C=O) groups is 1. The summed E-state index contributed by atoms with van der Waals surface area (Å²) >= 11 is 6.80. The van der Waals surface area contributed by atoms with Crippen LogP contribution < -0.4 is 15.8 Å². The number of methoxy groups -OCH3 is 1. The van der Waals surface area contributed by atoms with E-state index in [1.807, 2.05) is 6.07 Å². The van der Waals surface area contributed by atoms with Gasteiger partial charge >= 0.3 is 5.97 Å². The Morgan fingerprint density at radius 2 is 1.90 bits per heavy atom. The predicted molar refractivity (Wildman–Crippen MR) is 89.5 cm³/mol. The molecule has 110 valence electrons. The lowest BCUT2D eigenvalue weighted by Crippen LogP contribution is -2.04. The van der Waals surface area contributed by atoms with E-state index in [-0.39, 0.29) is 5.56 Å². The molecule has 0 saturated heterocycles. The van der Waals surface area contributed by atoms with Gasteiger partial charge in [-0.2, -0.15) is 0 Å². The number of hydrogen-bond acceptors (Lipinski definition) is 4. The average Bonchev–Trinajstić information content (AvgIpc) is 2.43. The van der Waals surface area contributed by atoms with Gasteiger partial charge in [0.15, 0.2) is 0 Å². The van der Waals surface area contributed by atoms with Crippen LogP contribution in [0.2, 0.25) is 0 Å². The molecule has 0 aliphatic rings. The van der Waals surface area contributed by atoms with Gasteiger partial charge in [-0.25, -0.2) is 4.79 Å². The Hall–Kier alpha value is -1.73. The largest absolute Gasteiger partial charge is 0.495 e. The van der Waals surface area contributed by atoms with Crippen LogP contribution in [-0.4, -0.2) is 18.2 Å². The molecule has 0 heterocycles. The summed E-state index contributed by atoms with van der Waals surface area (Å²) in [4.78, 5) is 11.3. The molecule has 0 aliphatic heterocycles. The molecular formula is C14H12Br2N2O3. The first-order valence-electron chi connectivity index (χ1n) is 5.85. The van der Waals surface area contributed by atoms with Crippen molar-refractivity contribution in [3.05, 3.63) is 44.8 Å². The van der Waals surface area contributed by atoms with Gasteiger partial charge in [0.2, 0.25) is 0 Å². The van der Waals surface area contributed by atoms with Gasteiger partial charge in [-0.15, -0.1) is 0 Å². The lowest BCUT2D eigenvalue weighted by molar-refractivity contribution is 0.0698. The maximum Gasteiger partial charge on any atom is 0.337 e. The maximum atomic E-state index is 11.3. The van der Waals surface area contributed by atoms with Gasteiger partial charge in [0.25, 0.3) is 0 Å². The highest BCUT2D eigenvalue weighted by molar-refractivity contribution is 9.11. The second-order valence-corrected chi connectivity index (χ2v) is 5.91. The van der Waals surface area contributed by atoms with E-state index in [2.05, 4.69) is 37.2 Å². The number of hydrogen-bond donors (Lipinski definition) is 3. The fourth-order valence-electron chi connectivity index (χ4n) is 1.77. The first kappa shape index (κ1) is 15.7. The van der Waals surface area contributed by atoms with E-state index in [1.54, 1.807) is 25.3 Å². The predicted octanol–water partition coefficient (Wildman–Crippen LogP) is 4.24. The summed E-state index contributed by atoms with van der Waals surface area (Å²) in [5, 5.41) is 12.3. The Balaban J connectivity index is 2.45. The Kier molecular flexibility index (Phi) is 4.74. The second-order valence-electron chi connectivity index (χ2n) is 4.20. The molecule has 0 saturated carbocycles. The third-order valence-electron chi connectivity index (χ3n) is 2.78. The van der Waals surface area contributed by atoms with Crippen LogP contribution in [0.4, 0.5) is 17.1 Å². The topological polar surface area (TPSA) is 84.6 Å². The van der Waals surface area contributed by atoms with Gasteiger partial charge in [0, 0.05) is 16.2 Å². The molecule has 0 atom stereocenters. The van der Waals surface area contributed by atoms with Gasteiger partial charge < -0.3 is 20.9 Å². The van der Waals surface area contributed by atoms with E-state index >= 15 is 0 Å².